The molecule has 0 radical (unpaired) electrons. The molecule has 2 aliphatic rings. The third kappa shape index (κ3) is 7.55. The molecule has 6 nitrogen and oxygen atoms in total. The van der Waals surface area contributed by atoms with Crippen molar-refractivity contribution in [2.45, 2.75) is 57.8 Å². The lowest BCUT2D eigenvalue weighted by Gasteiger charge is -2.43. The zero-order valence-electron chi connectivity index (χ0n) is 26.9. The van der Waals surface area contributed by atoms with Crippen molar-refractivity contribution in [3.63, 3.8) is 0 Å². The number of rotatable bonds is 9. The van der Waals surface area contributed by atoms with E-state index in [1.54, 1.807) is 18.2 Å². The summed E-state index contributed by atoms with van der Waals surface area (Å²) in [6.45, 7) is 4.79. The molecule has 2 fully saturated rings. The van der Waals surface area contributed by atoms with Gasteiger partial charge in [-0.05, 0) is 59.8 Å². The van der Waals surface area contributed by atoms with Crippen molar-refractivity contribution in [2.24, 2.45) is 5.92 Å². The summed E-state index contributed by atoms with van der Waals surface area (Å²) >= 11 is 0. The van der Waals surface area contributed by atoms with Gasteiger partial charge >= 0.3 is 0 Å². The zero-order valence-corrected chi connectivity index (χ0v) is 26.9. The number of aliphatic hydroxyl groups is 1. The van der Waals surface area contributed by atoms with Crippen LogP contribution in [-0.2, 0) is 22.6 Å². The van der Waals surface area contributed by atoms with Crippen LogP contribution in [0.3, 0.4) is 0 Å². The summed E-state index contributed by atoms with van der Waals surface area (Å²) in [6, 6.07) is 22.5. The van der Waals surface area contributed by atoms with E-state index < -0.39 is 46.8 Å². The van der Waals surface area contributed by atoms with Crippen molar-refractivity contribution in [3.8, 4) is 11.1 Å². The minimum absolute atomic E-state index is 0.0347. The van der Waals surface area contributed by atoms with Gasteiger partial charge in [-0.1, -0.05) is 80.1 Å². The average molecular weight is 681 g/mol. The first-order chi connectivity index (χ1) is 23.6. The maximum atomic E-state index is 14.1. The van der Waals surface area contributed by atoms with Crippen LogP contribution < -0.4 is 5.32 Å². The molecule has 2 N–H and O–H groups in total. The topological polar surface area (TPSA) is 71.0 Å². The smallest absolute Gasteiger partial charge is 0.257 e. The number of nitrogens with one attached hydrogen (secondary N) is 1. The first kappa shape index (κ1) is 34.7. The zero-order chi connectivity index (χ0) is 34.7. The predicted octanol–water partition coefficient (Wildman–Crippen LogP) is 7.75. The van der Waals surface area contributed by atoms with Gasteiger partial charge in [0.25, 0.3) is 5.91 Å². The van der Waals surface area contributed by atoms with E-state index >= 15 is 0 Å². The molecule has 4 unspecified atom stereocenters. The summed E-state index contributed by atoms with van der Waals surface area (Å²) in [4.78, 5) is 14.9. The van der Waals surface area contributed by atoms with Gasteiger partial charge in [-0.25, -0.2) is 22.0 Å². The highest BCUT2D eigenvalue weighted by atomic mass is 19.2. The molecule has 0 bridgehead atoms. The molecule has 0 spiro atoms. The molecule has 11 heteroatoms. The molecule has 1 amide bonds. The number of carbonyl (C=O) groups is 1. The summed E-state index contributed by atoms with van der Waals surface area (Å²) in [5.74, 6) is -12.4. The van der Waals surface area contributed by atoms with Gasteiger partial charge < -0.3 is 24.8 Å². The number of nitrogens with zero attached hydrogens (tertiary/aromatic N) is 1. The normalized spacial score (nSPS) is 21.4. The van der Waals surface area contributed by atoms with E-state index in [-0.39, 0.29) is 31.3 Å². The number of ether oxygens (including phenoxy) is 2. The van der Waals surface area contributed by atoms with E-state index in [9.17, 15) is 31.9 Å². The molecule has 2 heterocycles. The summed E-state index contributed by atoms with van der Waals surface area (Å²) in [7, 11) is 0. The van der Waals surface area contributed by atoms with Crippen molar-refractivity contribution in [1.82, 2.24) is 10.2 Å². The molecule has 0 saturated carbocycles. The van der Waals surface area contributed by atoms with Crippen LogP contribution in [0.25, 0.3) is 11.1 Å². The Hall–Kier alpha value is -4.16. The van der Waals surface area contributed by atoms with Gasteiger partial charge in [0.15, 0.2) is 29.6 Å². The van der Waals surface area contributed by atoms with Gasteiger partial charge in [0.2, 0.25) is 5.82 Å². The largest absolute Gasteiger partial charge is 0.392 e. The quantitative estimate of drug-likeness (QED) is 0.108. The Kier molecular flexibility index (Phi) is 10.7. The lowest BCUT2D eigenvalue weighted by Crippen LogP contribution is -2.45. The number of aliphatic hydroxyl groups excluding tert-OH is 1. The molecule has 0 aromatic heterocycles. The minimum atomic E-state index is -2.33. The maximum absolute atomic E-state index is 14.1. The van der Waals surface area contributed by atoms with Gasteiger partial charge in [0.1, 0.15) is 5.56 Å². The highest BCUT2D eigenvalue weighted by Crippen LogP contribution is 2.42. The Morgan fingerprint density at radius 3 is 2.06 bits per heavy atom. The monoisotopic (exact) mass is 680 g/mol. The number of amides is 1. The Morgan fingerprint density at radius 1 is 0.776 bits per heavy atom. The molecule has 49 heavy (non-hydrogen) atoms. The molecule has 4 aromatic rings. The lowest BCUT2D eigenvalue weighted by molar-refractivity contribution is -0.276. The van der Waals surface area contributed by atoms with Crippen LogP contribution in [0.5, 0.6) is 0 Å². The number of likely N-dealkylation sites (tertiary alicyclic amines) is 1. The molecule has 4 atom stereocenters. The van der Waals surface area contributed by atoms with Crippen molar-refractivity contribution >= 4 is 5.91 Å². The van der Waals surface area contributed by atoms with Crippen molar-refractivity contribution < 1.29 is 41.3 Å². The van der Waals surface area contributed by atoms with Crippen LogP contribution in [-0.4, -0.2) is 41.7 Å². The van der Waals surface area contributed by atoms with E-state index in [4.69, 9.17) is 9.47 Å². The molecule has 258 valence electrons. The van der Waals surface area contributed by atoms with E-state index in [1.165, 1.54) is 19.3 Å². The van der Waals surface area contributed by atoms with Crippen LogP contribution in [0.1, 0.15) is 71.2 Å². The fourth-order valence-electron chi connectivity index (χ4n) is 6.49. The summed E-state index contributed by atoms with van der Waals surface area (Å²) < 4.78 is 82.0. The Bertz CT molecular complexity index is 1750. The van der Waals surface area contributed by atoms with Crippen LogP contribution >= 0.6 is 0 Å². The highest BCUT2D eigenvalue weighted by molar-refractivity contribution is 5.94. The fraction of sp³-hybridized carbons (Fsp3) is 0.342. The van der Waals surface area contributed by atoms with Gasteiger partial charge in [-0.15, -0.1) is 0 Å². The summed E-state index contributed by atoms with van der Waals surface area (Å²) in [5, 5.41) is 11.8. The van der Waals surface area contributed by atoms with E-state index in [0.717, 1.165) is 47.5 Å². The summed E-state index contributed by atoms with van der Waals surface area (Å²) in [6.07, 6.45) is 2.67. The van der Waals surface area contributed by atoms with Crippen molar-refractivity contribution in [2.75, 3.05) is 19.6 Å². The van der Waals surface area contributed by atoms with Gasteiger partial charge in [0.05, 0.1) is 18.8 Å². The first-order valence-corrected chi connectivity index (χ1v) is 16.4. The molecule has 2 aliphatic heterocycles. The third-order valence-corrected chi connectivity index (χ3v) is 9.34. The number of hydrogen-bond acceptors (Lipinski definition) is 5. The van der Waals surface area contributed by atoms with E-state index in [0.29, 0.717) is 5.56 Å². The average Bonchev–Trinajstić information content (AvgIpc) is 3.14. The molecule has 2 saturated heterocycles. The Morgan fingerprint density at radius 2 is 1.41 bits per heavy atom. The number of hydrogen-bond donors (Lipinski definition) is 2. The van der Waals surface area contributed by atoms with Crippen LogP contribution in [0.15, 0.2) is 72.8 Å². The van der Waals surface area contributed by atoms with E-state index in [2.05, 4.69) is 17.1 Å². The SMILES string of the molecule is CC1C(CN2CCCCC2)OC(c2ccc(-c3cccc(CNC(=O)c4c(F)c(F)c(F)c(F)c4F)c3)cc2)OC1c1ccc(CO)cc1. The van der Waals surface area contributed by atoms with Gasteiger partial charge in [0, 0.05) is 24.6 Å². The molecular weight excluding hydrogens is 643 g/mol. The fourth-order valence-corrected chi connectivity index (χ4v) is 6.49. The Balaban J connectivity index is 1.18. The second-order valence-electron chi connectivity index (χ2n) is 12.6. The first-order valence-electron chi connectivity index (χ1n) is 16.4. The molecular formula is C38H37F5N2O4. The summed E-state index contributed by atoms with van der Waals surface area (Å²) in [5.41, 5.74) is 3.30. The second-order valence-corrected chi connectivity index (χ2v) is 12.6. The van der Waals surface area contributed by atoms with Crippen LogP contribution in [0.2, 0.25) is 0 Å². The number of carbonyl (C=O) groups excluding carboxylic acids is 1. The molecule has 0 aliphatic carbocycles. The second kappa shape index (κ2) is 15.2. The number of benzene rings is 4. The van der Waals surface area contributed by atoms with E-state index in [1.807, 2.05) is 54.6 Å². The Labute approximate surface area is 281 Å². The molecule has 4 aromatic carbocycles. The minimum Gasteiger partial charge on any atom is -0.392 e. The number of piperidine rings is 1. The van der Waals surface area contributed by atoms with Gasteiger partial charge in [-0.2, -0.15) is 0 Å². The third-order valence-electron chi connectivity index (χ3n) is 9.34. The van der Waals surface area contributed by atoms with Crippen molar-refractivity contribution in [1.29, 1.82) is 0 Å². The molecule has 6 rings (SSSR count). The van der Waals surface area contributed by atoms with Crippen molar-refractivity contribution in [3.05, 3.63) is 130 Å². The van der Waals surface area contributed by atoms with Crippen LogP contribution in [0.4, 0.5) is 22.0 Å². The predicted molar refractivity (Wildman–Crippen MR) is 173 cm³/mol. The lowest BCUT2D eigenvalue weighted by atomic mass is 9.89. The standard InChI is InChI=1S/C38H37F5N2O4/c1-22-29(20-45-16-3-2-4-17-45)48-38(49-36(22)26-10-8-23(21-46)9-11-26)27-14-12-25(13-15-27)28-7-5-6-24(18-28)19-44-37(47)30-31(39)33(41)35(43)34(42)32(30)40/h5-15,18,22,29,36,38,46H,2-4,16-17,19-21H2,1H3,(H,44,47). The maximum Gasteiger partial charge on any atom is 0.257 e. The van der Waals surface area contributed by atoms with Crippen LogP contribution in [0, 0.1) is 35.0 Å². The highest BCUT2D eigenvalue weighted by Gasteiger charge is 2.39. The number of halogens is 5. The van der Waals surface area contributed by atoms with Gasteiger partial charge in [-0.3, -0.25) is 4.79 Å².